The summed E-state index contributed by atoms with van der Waals surface area (Å²) in [5.74, 6) is -0.356. The molecule has 23 heavy (non-hydrogen) atoms. The number of hydrogen-bond donors (Lipinski definition) is 1. The minimum atomic E-state index is -0.421. The smallest absolute Gasteiger partial charge is 0.308 e. The maximum atomic E-state index is 12.1. The normalized spacial score (nSPS) is 9.83. The van der Waals surface area contributed by atoms with Gasteiger partial charge >= 0.3 is 11.9 Å². The molecule has 0 aromatic heterocycles. The van der Waals surface area contributed by atoms with E-state index in [4.69, 9.17) is 9.47 Å². The van der Waals surface area contributed by atoms with Crippen LogP contribution in [0.2, 0.25) is 0 Å². The summed E-state index contributed by atoms with van der Waals surface area (Å²) in [5, 5.41) is 2.71. The average molecular weight is 313 g/mol. The van der Waals surface area contributed by atoms with Crippen LogP contribution in [0, 0.1) is 0 Å². The lowest BCUT2D eigenvalue weighted by molar-refractivity contribution is -0.132. The van der Waals surface area contributed by atoms with Crippen molar-refractivity contribution in [3.05, 3.63) is 54.1 Å². The first-order valence-electron chi connectivity index (χ1n) is 6.82. The molecule has 0 aliphatic heterocycles. The van der Waals surface area contributed by atoms with E-state index in [9.17, 15) is 14.4 Å². The molecular weight excluding hydrogens is 298 g/mol. The zero-order valence-corrected chi connectivity index (χ0v) is 12.7. The second-order valence-corrected chi connectivity index (χ2v) is 4.69. The average Bonchev–Trinajstić information content (AvgIpc) is 2.49. The Labute approximate surface area is 133 Å². The van der Waals surface area contributed by atoms with Gasteiger partial charge in [-0.1, -0.05) is 0 Å². The standard InChI is InChI=1S/C17H15NO5/c1-11(19)22-15-7-3-13(4-8-15)17(21)18-14-5-9-16(10-6-14)23-12(2)20/h3-10H,1-2H3,(H,18,21). The third-order valence-electron chi connectivity index (χ3n) is 2.75. The van der Waals surface area contributed by atoms with Crippen LogP contribution in [0.15, 0.2) is 48.5 Å². The van der Waals surface area contributed by atoms with Gasteiger partial charge in [0.15, 0.2) is 0 Å². The zero-order chi connectivity index (χ0) is 16.8. The van der Waals surface area contributed by atoms with E-state index < -0.39 is 11.9 Å². The molecule has 6 heteroatoms. The van der Waals surface area contributed by atoms with Gasteiger partial charge in [0.05, 0.1) is 0 Å². The highest BCUT2D eigenvalue weighted by atomic mass is 16.5. The third kappa shape index (κ3) is 4.96. The minimum Gasteiger partial charge on any atom is -0.427 e. The molecule has 2 aromatic rings. The van der Waals surface area contributed by atoms with Crippen molar-refractivity contribution in [1.29, 1.82) is 0 Å². The summed E-state index contributed by atoms with van der Waals surface area (Å²) in [5.41, 5.74) is 0.986. The number of carbonyl (C=O) groups excluding carboxylic acids is 3. The summed E-state index contributed by atoms with van der Waals surface area (Å²) in [4.78, 5) is 33.8. The number of benzene rings is 2. The molecule has 0 spiro atoms. The Hall–Kier alpha value is -3.15. The summed E-state index contributed by atoms with van der Waals surface area (Å²) < 4.78 is 9.81. The number of hydrogen-bond acceptors (Lipinski definition) is 5. The highest BCUT2D eigenvalue weighted by Gasteiger charge is 2.07. The summed E-state index contributed by atoms with van der Waals surface area (Å²) in [6, 6.07) is 12.6. The van der Waals surface area contributed by atoms with Gasteiger partial charge in [0.25, 0.3) is 5.91 Å². The summed E-state index contributed by atoms with van der Waals surface area (Å²) >= 11 is 0. The first kappa shape index (κ1) is 16.2. The van der Waals surface area contributed by atoms with Crippen molar-refractivity contribution < 1.29 is 23.9 Å². The van der Waals surface area contributed by atoms with Crippen LogP contribution in [-0.4, -0.2) is 17.8 Å². The monoisotopic (exact) mass is 313 g/mol. The molecule has 2 rings (SSSR count). The van der Waals surface area contributed by atoms with E-state index in [0.717, 1.165) is 0 Å². The summed E-state index contributed by atoms with van der Waals surface area (Å²) in [6.07, 6.45) is 0. The second kappa shape index (κ2) is 7.22. The lowest BCUT2D eigenvalue weighted by Crippen LogP contribution is -2.12. The minimum absolute atomic E-state index is 0.306. The van der Waals surface area contributed by atoms with Crippen molar-refractivity contribution in [2.24, 2.45) is 0 Å². The fourth-order valence-electron chi connectivity index (χ4n) is 1.82. The van der Waals surface area contributed by atoms with Crippen LogP contribution >= 0.6 is 0 Å². The van der Waals surface area contributed by atoms with Crippen molar-refractivity contribution in [1.82, 2.24) is 0 Å². The molecular formula is C17H15NO5. The lowest BCUT2D eigenvalue weighted by atomic mass is 10.2. The lowest BCUT2D eigenvalue weighted by Gasteiger charge is -2.07. The van der Waals surface area contributed by atoms with Crippen molar-refractivity contribution in [3.8, 4) is 11.5 Å². The molecule has 0 saturated heterocycles. The quantitative estimate of drug-likeness (QED) is 0.693. The van der Waals surface area contributed by atoms with Crippen LogP contribution in [-0.2, 0) is 9.59 Å². The Bertz CT molecular complexity index is 720. The Morgan fingerprint density at radius 2 is 1.17 bits per heavy atom. The molecule has 0 heterocycles. The topological polar surface area (TPSA) is 81.7 Å². The molecule has 0 saturated carbocycles. The van der Waals surface area contributed by atoms with Gasteiger partial charge in [-0.25, -0.2) is 0 Å². The highest BCUT2D eigenvalue weighted by molar-refractivity contribution is 6.04. The second-order valence-electron chi connectivity index (χ2n) is 4.69. The van der Waals surface area contributed by atoms with E-state index in [0.29, 0.717) is 22.7 Å². The molecule has 1 amide bonds. The number of ether oxygens (including phenoxy) is 2. The number of esters is 2. The largest absolute Gasteiger partial charge is 0.427 e. The SMILES string of the molecule is CC(=O)Oc1ccc(NC(=O)c2ccc(OC(C)=O)cc2)cc1. The first-order chi connectivity index (χ1) is 10.9. The van der Waals surface area contributed by atoms with Gasteiger partial charge in [0.2, 0.25) is 0 Å². The van der Waals surface area contributed by atoms with Crippen molar-refractivity contribution >= 4 is 23.5 Å². The van der Waals surface area contributed by atoms with E-state index in [-0.39, 0.29) is 5.91 Å². The molecule has 0 aliphatic rings. The number of rotatable bonds is 4. The molecule has 2 aromatic carbocycles. The molecule has 6 nitrogen and oxygen atoms in total. The molecule has 1 N–H and O–H groups in total. The van der Waals surface area contributed by atoms with Crippen LogP contribution in [0.3, 0.4) is 0 Å². The summed E-state index contributed by atoms with van der Waals surface area (Å²) in [6.45, 7) is 2.62. The summed E-state index contributed by atoms with van der Waals surface area (Å²) in [7, 11) is 0. The van der Waals surface area contributed by atoms with Gasteiger partial charge < -0.3 is 14.8 Å². The number of nitrogens with one attached hydrogen (secondary N) is 1. The molecule has 0 bridgehead atoms. The zero-order valence-electron chi connectivity index (χ0n) is 12.7. The van der Waals surface area contributed by atoms with Crippen LogP contribution in [0.1, 0.15) is 24.2 Å². The van der Waals surface area contributed by atoms with Gasteiger partial charge in [-0.05, 0) is 48.5 Å². The van der Waals surface area contributed by atoms with Gasteiger partial charge in [0, 0.05) is 25.1 Å². The molecule has 0 aliphatic carbocycles. The van der Waals surface area contributed by atoms with E-state index in [1.807, 2.05) is 0 Å². The van der Waals surface area contributed by atoms with Crippen LogP contribution in [0.25, 0.3) is 0 Å². The third-order valence-corrected chi connectivity index (χ3v) is 2.75. The predicted molar refractivity (Wildman–Crippen MR) is 83.5 cm³/mol. The Balaban J connectivity index is 2.01. The Morgan fingerprint density at radius 1 is 0.739 bits per heavy atom. The highest BCUT2D eigenvalue weighted by Crippen LogP contribution is 2.18. The van der Waals surface area contributed by atoms with Gasteiger partial charge in [-0.2, -0.15) is 0 Å². The number of carbonyl (C=O) groups is 3. The van der Waals surface area contributed by atoms with Crippen molar-refractivity contribution in [3.63, 3.8) is 0 Å². The molecule has 0 fully saturated rings. The number of amides is 1. The van der Waals surface area contributed by atoms with E-state index in [1.54, 1.807) is 48.5 Å². The first-order valence-corrected chi connectivity index (χ1v) is 6.82. The van der Waals surface area contributed by atoms with E-state index in [2.05, 4.69) is 5.32 Å². The fraction of sp³-hybridized carbons (Fsp3) is 0.118. The maximum absolute atomic E-state index is 12.1. The Kier molecular flexibility index (Phi) is 5.09. The molecule has 0 unspecified atom stereocenters. The molecule has 0 atom stereocenters. The van der Waals surface area contributed by atoms with Crippen LogP contribution < -0.4 is 14.8 Å². The maximum Gasteiger partial charge on any atom is 0.308 e. The van der Waals surface area contributed by atoms with Crippen molar-refractivity contribution in [2.75, 3.05) is 5.32 Å². The Morgan fingerprint density at radius 3 is 1.61 bits per heavy atom. The molecule has 0 radical (unpaired) electrons. The van der Waals surface area contributed by atoms with Crippen LogP contribution in [0.5, 0.6) is 11.5 Å². The van der Waals surface area contributed by atoms with Gasteiger partial charge in [-0.3, -0.25) is 14.4 Å². The molecule has 118 valence electrons. The fourth-order valence-corrected chi connectivity index (χ4v) is 1.82. The van der Waals surface area contributed by atoms with Crippen LogP contribution in [0.4, 0.5) is 5.69 Å². The predicted octanol–water partition coefficient (Wildman–Crippen LogP) is 2.79. The van der Waals surface area contributed by atoms with Gasteiger partial charge in [0.1, 0.15) is 11.5 Å². The van der Waals surface area contributed by atoms with E-state index in [1.165, 1.54) is 13.8 Å². The number of anilines is 1. The van der Waals surface area contributed by atoms with Gasteiger partial charge in [-0.15, -0.1) is 0 Å². The van der Waals surface area contributed by atoms with E-state index >= 15 is 0 Å². The van der Waals surface area contributed by atoms with Crippen molar-refractivity contribution in [2.45, 2.75) is 13.8 Å².